The van der Waals surface area contributed by atoms with Crippen molar-refractivity contribution in [3.05, 3.63) is 46.4 Å². The molecule has 21 heavy (non-hydrogen) atoms. The Morgan fingerprint density at radius 1 is 1.19 bits per heavy atom. The molecule has 0 atom stereocenters. The molecule has 4 aromatic rings. The van der Waals surface area contributed by atoms with Gasteiger partial charge in [0.2, 0.25) is 5.16 Å². The molecule has 0 aliphatic rings. The smallest absolute Gasteiger partial charge is 0.267 e. The van der Waals surface area contributed by atoms with Crippen LogP contribution >= 0.6 is 11.8 Å². The number of nitrogens with zero attached hydrogens (tertiary/aromatic N) is 3. The Bertz CT molecular complexity index is 985. The van der Waals surface area contributed by atoms with Gasteiger partial charge in [0.05, 0.1) is 0 Å². The highest BCUT2D eigenvalue weighted by Gasteiger charge is 2.09. The van der Waals surface area contributed by atoms with Gasteiger partial charge in [-0.1, -0.05) is 30.0 Å². The van der Waals surface area contributed by atoms with Crippen LogP contribution in [-0.4, -0.2) is 30.4 Å². The third-order valence-corrected chi connectivity index (χ3v) is 4.07. The van der Waals surface area contributed by atoms with Crippen molar-refractivity contribution < 1.29 is 0 Å². The van der Waals surface area contributed by atoms with Crippen molar-refractivity contribution in [1.29, 1.82) is 0 Å². The van der Waals surface area contributed by atoms with E-state index >= 15 is 0 Å². The van der Waals surface area contributed by atoms with Crippen molar-refractivity contribution in [3.63, 3.8) is 0 Å². The number of hydrogen-bond donors (Lipinski definition) is 3. The molecule has 0 saturated carbocycles. The standard InChI is InChI=1S/C13H10N6OS/c20-12-7(5-14-18-12)6-21-13-16-11-10(17-19-13)8-3-1-2-4-9(8)15-11/h1-5H,6H2,(H2,14,18,20)(H,15,16,19). The maximum absolute atomic E-state index is 11.4. The van der Waals surface area contributed by atoms with Gasteiger partial charge >= 0.3 is 0 Å². The number of aromatic amines is 3. The molecule has 0 aliphatic carbocycles. The molecule has 1 aromatic carbocycles. The molecular formula is C13H10N6OS. The number of benzene rings is 1. The summed E-state index contributed by atoms with van der Waals surface area (Å²) in [5.41, 5.74) is 2.98. The first-order valence-corrected chi connectivity index (χ1v) is 7.29. The molecule has 0 amide bonds. The number of fused-ring (bicyclic) bond motifs is 3. The van der Waals surface area contributed by atoms with Crippen LogP contribution in [-0.2, 0) is 5.75 Å². The van der Waals surface area contributed by atoms with E-state index in [0.29, 0.717) is 22.1 Å². The molecule has 0 aliphatic heterocycles. The lowest BCUT2D eigenvalue weighted by Gasteiger charge is -1.96. The van der Waals surface area contributed by atoms with Gasteiger partial charge in [-0.25, -0.2) is 4.98 Å². The summed E-state index contributed by atoms with van der Waals surface area (Å²) < 4.78 is 0. The molecule has 104 valence electrons. The number of thioether (sulfide) groups is 1. The lowest BCUT2D eigenvalue weighted by Crippen LogP contribution is -2.04. The Kier molecular flexibility index (Phi) is 2.74. The molecule has 0 saturated heterocycles. The van der Waals surface area contributed by atoms with E-state index in [0.717, 1.165) is 16.4 Å². The highest BCUT2D eigenvalue weighted by Crippen LogP contribution is 2.24. The summed E-state index contributed by atoms with van der Waals surface area (Å²) in [6.07, 6.45) is 1.64. The second-order valence-corrected chi connectivity index (χ2v) is 5.46. The van der Waals surface area contributed by atoms with Crippen LogP contribution in [0.5, 0.6) is 0 Å². The van der Waals surface area contributed by atoms with E-state index in [1.165, 1.54) is 11.8 Å². The van der Waals surface area contributed by atoms with Gasteiger partial charge in [0.25, 0.3) is 5.56 Å². The summed E-state index contributed by atoms with van der Waals surface area (Å²) in [7, 11) is 0. The molecule has 3 aromatic heterocycles. The molecule has 0 radical (unpaired) electrons. The van der Waals surface area contributed by atoms with Gasteiger partial charge in [-0.15, -0.1) is 10.2 Å². The number of H-pyrrole nitrogens is 3. The van der Waals surface area contributed by atoms with Gasteiger partial charge < -0.3 is 10.1 Å². The number of nitrogens with one attached hydrogen (secondary N) is 3. The Morgan fingerprint density at radius 3 is 2.95 bits per heavy atom. The van der Waals surface area contributed by atoms with E-state index in [-0.39, 0.29) is 5.56 Å². The minimum atomic E-state index is -0.123. The number of para-hydroxylation sites is 1. The van der Waals surface area contributed by atoms with E-state index < -0.39 is 0 Å². The average molecular weight is 298 g/mol. The number of rotatable bonds is 3. The lowest BCUT2D eigenvalue weighted by atomic mass is 10.2. The summed E-state index contributed by atoms with van der Waals surface area (Å²) >= 11 is 1.37. The number of aromatic nitrogens is 6. The molecule has 0 spiro atoms. The maximum atomic E-state index is 11.4. The van der Waals surface area contributed by atoms with E-state index in [2.05, 4.69) is 30.4 Å². The largest absolute Gasteiger partial charge is 0.338 e. The Labute approximate surface area is 122 Å². The van der Waals surface area contributed by atoms with Gasteiger partial charge in [-0.3, -0.25) is 9.89 Å². The van der Waals surface area contributed by atoms with Gasteiger partial charge in [0.1, 0.15) is 5.52 Å². The van der Waals surface area contributed by atoms with Crippen LogP contribution in [0.2, 0.25) is 0 Å². The van der Waals surface area contributed by atoms with Crippen LogP contribution in [0.4, 0.5) is 0 Å². The van der Waals surface area contributed by atoms with Crippen molar-refractivity contribution in [1.82, 2.24) is 30.4 Å². The average Bonchev–Trinajstić information content (AvgIpc) is 3.07. The maximum Gasteiger partial charge on any atom is 0.267 e. The van der Waals surface area contributed by atoms with Crippen molar-refractivity contribution in [2.45, 2.75) is 10.9 Å². The second kappa shape index (κ2) is 4.74. The summed E-state index contributed by atoms with van der Waals surface area (Å²) in [5.74, 6) is 0.492. The predicted molar refractivity (Wildman–Crippen MR) is 80.2 cm³/mol. The molecule has 7 nitrogen and oxygen atoms in total. The molecule has 0 fully saturated rings. The zero-order valence-electron chi connectivity index (χ0n) is 10.8. The fourth-order valence-electron chi connectivity index (χ4n) is 2.15. The molecule has 0 bridgehead atoms. The quantitative estimate of drug-likeness (QED) is 0.501. The SMILES string of the molecule is O=c1[nH][nH]cc1CSc1nnc2c(n1)[nH]c1ccccc12. The highest BCUT2D eigenvalue weighted by atomic mass is 32.2. The topological polar surface area (TPSA) is 103 Å². The predicted octanol–water partition coefficient (Wildman–Crippen LogP) is 1.81. The van der Waals surface area contributed by atoms with Crippen molar-refractivity contribution in [2.24, 2.45) is 0 Å². The fraction of sp³-hybridized carbons (Fsp3) is 0.0769. The third-order valence-electron chi connectivity index (χ3n) is 3.18. The van der Waals surface area contributed by atoms with Crippen LogP contribution in [0.15, 0.2) is 40.4 Å². The van der Waals surface area contributed by atoms with Crippen molar-refractivity contribution >= 4 is 33.8 Å². The first-order valence-electron chi connectivity index (χ1n) is 6.30. The van der Waals surface area contributed by atoms with Crippen LogP contribution in [0.25, 0.3) is 22.1 Å². The van der Waals surface area contributed by atoms with Crippen LogP contribution in [0, 0.1) is 0 Å². The minimum Gasteiger partial charge on any atom is -0.338 e. The summed E-state index contributed by atoms with van der Waals surface area (Å²) in [4.78, 5) is 19.1. The molecule has 8 heteroatoms. The monoisotopic (exact) mass is 298 g/mol. The molecule has 3 heterocycles. The number of hydrogen-bond acceptors (Lipinski definition) is 5. The summed E-state index contributed by atoms with van der Waals surface area (Å²) in [6, 6.07) is 7.87. The Morgan fingerprint density at radius 2 is 2.10 bits per heavy atom. The highest BCUT2D eigenvalue weighted by molar-refractivity contribution is 7.98. The lowest BCUT2D eigenvalue weighted by molar-refractivity contribution is 0.878. The van der Waals surface area contributed by atoms with Gasteiger partial charge in [-0.2, -0.15) is 0 Å². The van der Waals surface area contributed by atoms with Gasteiger partial charge in [0, 0.05) is 28.4 Å². The second-order valence-electron chi connectivity index (χ2n) is 4.52. The zero-order chi connectivity index (χ0) is 14.2. The summed E-state index contributed by atoms with van der Waals surface area (Å²) in [6.45, 7) is 0. The first-order chi connectivity index (χ1) is 10.3. The first kappa shape index (κ1) is 12.2. The van der Waals surface area contributed by atoms with Crippen LogP contribution < -0.4 is 5.56 Å². The van der Waals surface area contributed by atoms with Crippen molar-refractivity contribution in [2.75, 3.05) is 0 Å². The molecular weight excluding hydrogens is 288 g/mol. The molecule has 4 rings (SSSR count). The van der Waals surface area contributed by atoms with Gasteiger partial charge in [-0.05, 0) is 6.07 Å². The van der Waals surface area contributed by atoms with Crippen LogP contribution in [0.1, 0.15) is 5.56 Å². The van der Waals surface area contributed by atoms with Crippen molar-refractivity contribution in [3.8, 4) is 0 Å². The Hall–Kier alpha value is -2.61. The summed E-state index contributed by atoms with van der Waals surface area (Å²) in [5, 5.41) is 15.1. The molecule has 3 N–H and O–H groups in total. The third kappa shape index (κ3) is 2.09. The van der Waals surface area contributed by atoms with E-state index in [1.54, 1.807) is 6.20 Å². The van der Waals surface area contributed by atoms with Gasteiger partial charge in [0.15, 0.2) is 5.65 Å². The van der Waals surface area contributed by atoms with E-state index in [9.17, 15) is 4.79 Å². The molecule has 0 unspecified atom stereocenters. The normalized spacial score (nSPS) is 11.4. The van der Waals surface area contributed by atoms with E-state index in [4.69, 9.17) is 0 Å². The fourth-order valence-corrected chi connectivity index (χ4v) is 2.90. The minimum absolute atomic E-state index is 0.123. The Balaban J connectivity index is 1.69. The van der Waals surface area contributed by atoms with E-state index in [1.807, 2.05) is 24.3 Å². The van der Waals surface area contributed by atoms with Crippen LogP contribution in [0.3, 0.4) is 0 Å². The zero-order valence-corrected chi connectivity index (χ0v) is 11.6.